The van der Waals surface area contributed by atoms with Gasteiger partial charge in [0.1, 0.15) is 11.5 Å². The summed E-state index contributed by atoms with van der Waals surface area (Å²) in [6, 6.07) is 0. The number of aromatic hydroxyl groups is 1. The maximum Gasteiger partial charge on any atom is 0.305 e. The van der Waals surface area contributed by atoms with E-state index in [2.05, 4.69) is 5.32 Å². The first-order chi connectivity index (χ1) is 10.7. The summed E-state index contributed by atoms with van der Waals surface area (Å²) in [6.07, 6.45) is 0.976. The van der Waals surface area contributed by atoms with Gasteiger partial charge in [-0.05, 0) is 50.8 Å². The Balaban J connectivity index is 2.25. The minimum absolute atomic E-state index is 0.0760. The van der Waals surface area contributed by atoms with Gasteiger partial charge in [0.05, 0.1) is 6.42 Å². The Morgan fingerprint density at radius 3 is 2.48 bits per heavy atom. The van der Waals surface area contributed by atoms with Crippen molar-refractivity contribution in [3.63, 3.8) is 0 Å². The van der Waals surface area contributed by atoms with Crippen LogP contribution < -0.4 is 10.1 Å². The van der Waals surface area contributed by atoms with Crippen molar-refractivity contribution in [2.75, 3.05) is 6.54 Å². The zero-order valence-corrected chi connectivity index (χ0v) is 13.9. The van der Waals surface area contributed by atoms with Crippen molar-refractivity contribution < 1.29 is 24.5 Å². The van der Waals surface area contributed by atoms with Crippen LogP contribution in [0.5, 0.6) is 11.5 Å². The molecule has 6 nitrogen and oxygen atoms in total. The molecule has 1 heterocycles. The normalized spacial score (nSPS) is 19.7. The van der Waals surface area contributed by atoms with E-state index in [4.69, 9.17) is 9.84 Å². The number of phenols is 1. The SMILES string of the molecule is Cc1c(C)c2c(c(C)c1O)CCC(C)(C(=O)NCCC(=O)O)O2. The minimum atomic E-state index is -1.04. The maximum atomic E-state index is 12.4. The van der Waals surface area contributed by atoms with Crippen molar-refractivity contribution >= 4 is 11.9 Å². The molecule has 0 bridgehead atoms. The lowest BCUT2D eigenvalue weighted by Gasteiger charge is -2.36. The van der Waals surface area contributed by atoms with E-state index < -0.39 is 11.6 Å². The zero-order chi connectivity index (χ0) is 17.4. The number of nitrogens with one attached hydrogen (secondary N) is 1. The highest BCUT2D eigenvalue weighted by Gasteiger charge is 2.40. The summed E-state index contributed by atoms with van der Waals surface area (Å²) in [5, 5.41) is 21.4. The fourth-order valence-electron chi connectivity index (χ4n) is 2.88. The number of carboxylic acid groups (broad SMARTS) is 1. The molecule has 23 heavy (non-hydrogen) atoms. The first-order valence-corrected chi connectivity index (χ1v) is 7.68. The second-order valence-electron chi connectivity index (χ2n) is 6.26. The molecular weight excluding hydrogens is 298 g/mol. The highest BCUT2D eigenvalue weighted by atomic mass is 16.5. The van der Waals surface area contributed by atoms with Crippen LogP contribution in [0.15, 0.2) is 0 Å². The zero-order valence-electron chi connectivity index (χ0n) is 13.9. The number of rotatable bonds is 4. The summed E-state index contributed by atoms with van der Waals surface area (Å²) in [7, 11) is 0. The van der Waals surface area contributed by atoms with E-state index in [9.17, 15) is 14.7 Å². The van der Waals surface area contributed by atoms with Crippen molar-refractivity contribution in [2.24, 2.45) is 0 Å². The third-order valence-corrected chi connectivity index (χ3v) is 4.62. The van der Waals surface area contributed by atoms with Crippen molar-refractivity contribution in [1.29, 1.82) is 0 Å². The van der Waals surface area contributed by atoms with Crippen LogP contribution in [0.4, 0.5) is 0 Å². The minimum Gasteiger partial charge on any atom is -0.507 e. The Hall–Kier alpha value is -2.24. The summed E-state index contributed by atoms with van der Waals surface area (Å²) < 4.78 is 6.02. The average Bonchev–Trinajstić information content (AvgIpc) is 2.50. The molecule has 0 spiro atoms. The highest BCUT2D eigenvalue weighted by Crippen LogP contribution is 2.43. The lowest BCUT2D eigenvalue weighted by molar-refractivity contribution is -0.138. The Bertz CT molecular complexity index is 668. The maximum absolute atomic E-state index is 12.4. The lowest BCUT2D eigenvalue weighted by Crippen LogP contribution is -2.51. The van der Waals surface area contributed by atoms with Gasteiger partial charge in [-0.15, -0.1) is 0 Å². The molecule has 0 radical (unpaired) electrons. The topological polar surface area (TPSA) is 95.9 Å². The molecule has 0 aromatic heterocycles. The number of carbonyl (C=O) groups is 2. The standard InChI is InChI=1S/C17H23NO5/c1-9-10(2)15-12(11(3)14(9)21)5-7-17(4,23-15)16(22)18-8-6-13(19)20/h21H,5-8H2,1-4H3,(H,18,22)(H,19,20). The van der Waals surface area contributed by atoms with E-state index in [0.29, 0.717) is 18.6 Å². The first kappa shape index (κ1) is 17.1. The quantitative estimate of drug-likeness (QED) is 0.788. The monoisotopic (exact) mass is 321 g/mol. The van der Waals surface area contributed by atoms with Crippen molar-refractivity contribution in [3.05, 3.63) is 22.3 Å². The molecule has 1 aliphatic heterocycles. The summed E-state index contributed by atoms with van der Waals surface area (Å²) in [5.74, 6) is -0.339. The van der Waals surface area contributed by atoms with Gasteiger partial charge in [-0.25, -0.2) is 0 Å². The number of hydrogen-bond acceptors (Lipinski definition) is 4. The molecule has 1 aromatic carbocycles. The Labute approximate surface area is 135 Å². The van der Waals surface area contributed by atoms with Crippen LogP contribution in [0, 0.1) is 20.8 Å². The number of phenolic OH excluding ortho intramolecular Hbond substituents is 1. The number of amides is 1. The number of fused-ring (bicyclic) bond motifs is 1. The number of aliphatic carboxylic acids is 1. The van der Waals surface area contributed by atoms with Crippen LogP contribution in [0.25, 0.3) is 0 Å². The van der Waals surface area contributed by atoms with E-state index in [-0.39, 0.29) is 24.6 Å². The smallest absolute Gasteiger partial charge is 0.305 e. The molecule has 126 valence electrons. The lowest BCUT2D eigenvalue weighted by atomic mass is 9.86. The highest BCUT2D eigenvalue weighted by molar-refractivity contribution is 5.86. The summed E-state index contributed by atoms with van der Waals surface area (Å²) in [5.41, 5.74) is 2.26. The molecule has 1 aliphatic rings. The van der Waals surface area contributed by atoms with Crippen LogP contribution in [0.1, 0.15) is 42.0 Å². The van der Waals surface area contributed by atoms with Gasteiger partial charge in [0.2, 0.25) is 0 Å². The second-order valence-corrected chi connectivity index (χ2v) is 6.26. The van der Waals surface area contributed by atoms with Gasteiger partial charge in [0.15, 0.2) is 5.60 Å². The van der Waals surface area contributed by atoms with Crippen LogP contribution in [-0.2, 0) is 16.0 Å². The van der Waals surface area contributed by atoms with Crippen LogP contribution in [0.2, 0.25) is 0 Å². The molecule has 0 fully saturated rings. The summed E-state index contributed by atoms with van der Waals surface area (Å²) in [4.78, 5) is 22.9. The Kier molecular flexibility index (Phi) is 4.54. The van der Waals surface area contributed by atoms with Crippen LogP contribution in [-0.4, -0.2) is 34.2 Å². The molecule has 1 unspecified atom stereocenters. The summed E-state index contributed by atoms with van der Waals surface area (Å²) in [6.45, 7) is 7.32. The fourth-order valence-corrected chi connectivity index (χ4v) is 2.88. The third-order valence-electron chi connectivity index (χ3n) is 4.62. The van der Waals surface area contributed by atoms with Crippen molar-refractivity contribution in [2.45, 2.75) is 52.6 Å². The predicted molar refractivity (Wildman–Crippen MR) is 84.9 cm³/mol. The number of carbonyl (C=O) groups excluding carboxylic acids is 1. The Morgan fingerprint density at radius 1 is 1.22 bits per heavy atom. The Morgan fingerprint density at radius 2 is 1.87 bits per heavy atom. The van der Waals surface area contributed by atoms with Gasteiger partial charge in [-0.2, -0.15) is 0 Å². The van der Waals surface area contributed by atoms with E-state index in [1.54, 1.807) is 6.92 Å². The molecule has 6 heteroatoms. The molecule has 0 saturated heterocycles. The van der Waals surface area contributed by atoms with E-state index >= 15 is 0 Å². The molecule has 3 N–H and O–H groups in total. The first-order valence-electron chi connectivity index (χ1n) is 7.68. The molecule has 2 rings (SSSR count). The second kappa shape index (κ2) is 6.10. The van der Waals surface area contributed by atoms with Gasteiger partial charge < -0.3 is 20.3 Å². The van der Waals surface area contributed by atoms with Crippen molar-refractivity contribution in [1.82, 2.24) is 5.32 Å². The van der Waals surface area contributed by atoms with Crippen molar-refractivity contribution in [3.8, 4) is 11.5 Å². The number of ether oxygens (including phenoxy) is 1. The number of hydrogen-bond donors (Lipinski definition) is 3. The van der Waals surface area contributed by atoms with Gasteiger partial charge in [-0.1, -0.05) is 0 Å². The third kappa shape index (κ3) is 3.11. The number of carboxylic acids is 1. The molecule has 1 atom stereocenters. The van der Waals surface area contributed by atoms with Gasteiger partial charge in [-0.3, -0.25) is 9.59 Å². The predicted octanol–water partition coefficient (Wildman–Crippen LogP) is 1.99. The van der Waals surface area contributed by atoms with Crippen LogP contribution in [0.3, 0.4) is 0 Å². The number of benzene rings is 1. The fraction of sp³-hybridized carbons (Fsp3) is 0.529. The van der Waals surface area contributed by atoms with Crippen LogP contribution >= 0.6 is 0 Å². The summed E-state index contributed by atoms with van der Waals surface area (Å²) >= 11 is 0. The van der Waals surface area contributed by atoms with E-state index in [1.807, 2.05) is 20.8 Å². The van der Waals surface area contributed by atoms with Gasteiger partial charge >= 0.3 is 5.97 Å². The molecule has 0 saturated carbocycles. The molecular formula is C17H23NO5. The molecule has 0 aliphatic carbocycles. The van der Waals surface area contributed by atoms with Gasteiger partial charge in [0, 0.05) is 18.5 Å². The molecule has 1 aromatic rings. The largest absolute Gasteiger partial charge is 0.507 e. The van der Waals surface area contributed by atoms with E-state index in [0.717, 1.165) is 22.3 Å². The molecule has 1 amide bonds. The average molecular weight is 321 g/mol. The van der Waals surface area contributed by atoms with E-state index in [1.165, 1.54) is 0 Å². The van der Waals surface area contributed by atoms with Gasteiger partial charge in [0.25, 0.3) is 5.91 Å².